The van der Waals surface area contributed by atoms with Crippen molar-refractivity contribution >= 4 is 11.6 Å². The molecule has 0 spiro atoms. The lowest BCUT2D eigenvalue weighted by atomic mass is 9.89. The Kier molecular flexibility index (Phi) is 4.04. The van der Waals surface area contributed by atoms with E-state index in [0.717, 1.165) is 4.90 Å². The van der Waals surface area contributed by atoms with Crippen LogP contribution in [0, 0.1) is 23.3 Å². The van der Waals surface area contributed by atoms with Crippen LogP contribution in [0.3, 0.4) is 0 Å². The Morgan fingerprint density at radius 2 is 1.14 bits per heavy atom. The molecular weight excluding hydrogens is 309 g/mol. The molecule has 22 heavy (non-hydrogen) atoms. The Hall–Kier alpha value is -2.25. The highest BCUT2D eigenvalue weighted by Gasteiger charge is 2.42. The van der Waals surface area contributed by atoms with Gasteiger partial charge in [-0.3, -0.25) is 9.59 Å². The number of carbonyl (C=O) groups is 2. The predicted molar refractivity (Wildman–Crippen MR) is 66.0 cm³/mol. The molecule has 8 heteroatoms. The monoisotopic (exact) mass is 319 g/mol. The van der Waals surface area contributed by atoms with Crippen molar-refractivity contribution in [3.05, 3.63) is 45.9 Å². The number of likely N-dealkylation sites (N-methyl/N-ethyl adjacent to an activating group) is 1. The van der Waals surface area contributed by atoms with Gasteiger partial charge in [-0.1, -0.05) is 0 Å². The van der Waals surface area contributed by atoms with Gasteiger partial charge >= 0.3 is 0 Å². The van der Waals surface area contributed by atoms with Crippen molar-refractivity contribution in [2.75, 3.05) is 13.1 Å². The van der Waals surface area contributed by atoms with Crippen molar-refractivity contribution in [3.63, 3.8) is 0 Å². The molecule has 0 heterocycles. The topological polar surface area (TPSA) is 37.4 Å². The fourth-order valence-electron chi connectivity index (χ4n) is 2.32. The van der Waals surface area contributed by atoms with Crippen molar-refractivity contribution in [2.24, 2.45) is 0 Å². The molecule has 0 N–H and O–H groups in total. The molecule has 0 amide bonds. The van der Waals surface area contributed by atoms with Gasteiger partial charge < -0.3 is 4.90 Å². The van der Waals surface area contributed by atoms with E-state index in [1.54, 1.807) is 13.8 Å². The van der Waals surface area contributed by atoms with Crippen LogP contribution in [0.15, 0.2) is 11.5 Å². The molecule has 0 bridgehead atoms. The summed E-state index contributed by atoms with van der Waals surface area (Å²) in [6.07, 6.45) is 0. The number of allylic oxidation sites excluding steroid dienone is 2. The lowest BCUT2D eigenvalue weighted by molar-refractivity contribution is 0.0911. The highest BCUT2D eigenvalue weighted by molar-refractivity contribution is 6.26. The van der Waals surface area contributed by atoms with Crippen LogP contribution in [0.4, 0.5) is 22.0 Å². The molecule has 1 aromatic rings. The molecule has 1 aromatic carbocycles. The largest absolute Gasteiger partial charge is 0.366 e. The van der Waals surface area contributed by atoms with Crippen LogP contribution in [0.2, 0.25) is 0 Å². The van der Waals surface area contributed by atoms with Gasteiger partial charge in [-0.25, -0.2) is 22.0 Å². The number of fused-ring (bicyclic) bond motifs is 1. The average Bonchev–Trinajstić information content (AvgIpc) is 2.50. The minimum absolute atomic E-state index is 0.0986. The molecule has 0 aliphatic heterocycles. The lowest BCUT2D eigenvalue weighted by Crippen LogP contribution is -2.35. The summed E-state index contributed by atoms with van der Waals surface area (Å²) in [6, 6.07) is 0. The number of Topliss-reactive ketones (excluding diaryl/α,β-unsaturated/α-hetero) is 2. The number of hydrogen-bond donors (Lipinski definition) is 0. The van der Waals surface area contributed by atoms with E-state index in [2.05, 4.69) is 0 Å². The third kappa shape index (κ3) is 2.01. The molecule has 118 valence electrons. The summed E-state index contributed by atoms with van der Waals surface area (Å²) in [4.78, 5) is 25.1. The summed E-state index contributed by atoms with van der Waals surface area (Å²) in [7, 11) is 0. The van der Waals surface area contributed by atoms with Crippen molar-refractivity contribution in [3.8, 4) is 0 Å². The average molecular weight is 319 g/mol. The SMILES string of the molecule is CCN(CC)C1=C(F)C(=O)c2c(F)c(F)c(F)c(F)c2C1=O. The standard InChI is InChI=1S/C14H10F5NO2/c1-3-20(4-2)12-11(19)13(21)5-6(14(12)22)8(16)10(18)9(17)7(5)15/h3-4H2,1-2H3. The van der Waals surface area contributed by atoms with Crippen molar-refractivity contribution in [1.82, 2.24) is 4.90 Å². The zero-order chi connectivity index (χ0) is 16.8. The number of carbonyl (C=O) groups excluding carboxylic acids is 2. The van der Waals surface area contributed by atoms with Gasteiger partial charge in [0.25, 0.3) is 0 Å². The van der Waals surface area contributed by atoms with Crippen LogP contribution in [0.25, 0.3) is 0 Å². The summed E-state index contributed by atoms with van der Waals surface area (Å²) in [5, 5.41) is 0. The Morgan fingerprint density at radius 3 is 1.55 bits per heavy atom. The van der Waals surface area contributed by atoms with Crippen molar-refractivity contribution in [2.45, 2.75) is 13.8 Å². The first kappa shape index (κ1) is 16.1. The Balaban J connectivity index is 2.83. The normalized spacial score (nSPS) is 14.5. The fourth-order valence-corrected chi connectivity index (χ4v) is 2.32. The van der Waals surface area contributed by atoms with Crippen LogP contribution < -0.4 is 0 Å². The van der Waals surface area contributed by atoms with Gasteiger partial charge in [0.15, 0.2) is 29.1 Å². The van der Waals surface area contributed by atoms with Gasteiger partial charge in [0, 0.05) is 13.1 Å². The Morgan fingerprint density at radius 1 is 0.727 bits per heavy atom. The molecule has 0 aromatic heterocycles. The van der Waals surface area contributed by atoms with E-state index >= 15 is 0 Å². The van der Waals surface area contributed by atoms with E-state index in [1.165, 1.54) is 0 Å². The van der Waals surface area contributed by atoms with Crippen LogP contribution in [0.1, 0.15) is 34.6 Å². The van der Waals surface area contributed by atoms with Gasteiger partial charge in [-0.2, -0.15) is 0 Å². The number of rotatable bonds is 3. The molecule has 0 saturated heterocycles. The number of halogens is 5. The molecule has 1 aliphatic rings. The summed E-state index contributed by atoms with van der Waals surface area (Å²) < 4.78 is 68.0. The second-order valence-corrected chi connectivity index (χ2v) is 4.50. The highest BCUT2D eigenvalue weighted by atomic mass is 19.2. The highest BCUT2D eigenvalue weighted by Crippen LogP contribution is 2.34. The molecule has 2 rings (SSSR count). The van der Waals surface area contributed by atoms with Crippen molar-refractivity contribution < 1.29 is 31.5 Å². The van der Waals surface area contributed by atoms with Gasteiger partial charge in [0.1, 0.15) is 5.70 Å². The van der Waals surface area contributed by atoms with Gasteiger partial charge in [-0.15, -0.1) is 0 Å². The fraction of sp³-hybridized carbons (Fsp3) is 0.286. The lowest BCUT2D eigenvalue weighted by Gasteiger charge is -2.27. The Bertz CT molecular complexity index is 723. The number of benzene rings is 1. The maximum Gasteiger partial charge on any atom is 0.227 e. The van der Waals surface area contributed by atoms with E-state index < -0.39 is 57.5 Å². The summed E-state index contributed by atoms with van der Waals surface area (Å²) in [6.45, 7) is 3.28. The Labute approximate surface area is 122 Å². The van der Waals surface area contributed by atoms with Crippen LogP contribution >= 0.6 is 0 Å². The first-order chi connectivity index (χ1) is 10.3. The van der Waals surface area contributed by atoms with Gasteiger partial charge in [0.05, 0.1) is 11.1 Å². The summed E-state index contributed by atoms with van der Waals surface area (Å²) >= 11 is 0. The molecule has 3 nitrogen and oxygen atoms in total. The van der Waals surface area contributed by atoms with Crippen LogP contribution in [0.5, 0.6) is 0 Å². The number of ketones is 2. The van der Waals surface area contributed by atoms with E-state index in [-0.39, 0.29) is 13.1 Å². The summed E-state index contributed by atoms with van der Waals surface area (Å²) in [5.41, 5.74) is -3.49. The molecule has 0 radical (unpaired) electrons. The number of nitrogens with zero attached hydrogens (tertiary/aromatic N) is 1. The molecule has 1 aliphatic carbocycles. The zero-order valence-corrected chi connectivity index (χ0v) is 11.6. The maximum atomic E-state index is 14.1. The van der Waals surface area contributed by atoms with Crippen molar-refractivity contribution in [1.29, 1.82) is 0 Å². The third-order valence-electron chi connectivity index (χ3n) is 3.42. The molecule has 0 atom stereocenters. The molecule has 0 fully saturated rings. The number of hydrogen-bond acceptors (Lipinski definition) is 3. The minimum Gasteiger partial charge on any atom is -0.366 e. The van der Waals surface area contributed by atoms with Crippen LogP contribution in [-0.2, 0) is 0 Å². The quantitative estimate of drug-likeness (QED) is 0.488. The van der Waals surface area contributed by atoms with Crippen LogP contribution in [-0.4, -0.2) is 29.6 Å². The molecule has 0 unspecified atom stereocenters. The van der Waals surface area contributed by atoms with E-state index in [0.29, 0.717) is 0 Å². The zero-order valence-electron chi connectivity index (χ0n) is 11.6. The minimum atomic E-state index is -2.27. The predicted octanol–water partition coefficient (Wildman–Crippen LogP) is 3.14. The van der Waals surface area contributed by atoms with Gasteiger partial charge in [-0.05, 0) is 13.8 Å². The maximum absolute atomic E-state index is 14.1. The first-order valence-electron chi connectivity index (χ1n) is 6.37. The second-order valence-electron chi connectivity index (χ2n) is 4.50. The molecule has 0 saturated carbocycles. The van der Waals surface area contributed by atoms with E-state index in [9.17, 15) is 31.5 Å². The molecular formula is C14H10F5NO2. The first-order valence-corrected chi connectivity index (χ1v) is 6.37. The van der Waals surface area contributed by atoms with E-state index in [4.69, 9.17) is 0 Å². The third-order valence-corrected chi connectivity index (χ3v) is 3.42. The second kappa shape index (κ2) is 5.51. The summed E-state index contributed by atoms with van der Waals surface area (Å²) in [5.74, 6) is -13.3. The smallest absolute Gasteiger partial charge is 0.227 e. The van der Waals surface area contributed by atoms with E-state index in [1.807, 2.05) is 0 Å². The van der Waals surface area contributed by atoms with Gasteiger partial charge in [0.2, 0.25) is 11.6 Å².